The van der Waals surface area contributed by atoms with Gasteiger partial charge in [0.25, 0.3) is 0 Å². The van der Waals surface area contributed by atoms with Gasteiger partial charge < -0.3 is 4.57 Å². The zero-order chi connectivity index (χ0) is 13.2. The fourth-order valence-electron chi connectivity index (χ4n) is 3.16. The molecule has 1 saturated carbocycles. The van der Waals surface area contributed by atoms with Crippen LogP contribution in [-0.4, -0.2) is 9.55 Å². The molecule has 0 atom stereocenters. The maximum atomic E-state index is 14.1. The second-order valence-corrected chi connectivity index (χ2v) is 5.55. The first-order valence-electron chi connectivity index (χ1n) is 7.02. The third kappa shape index (κ3) is 2.36. The van der Waals surface area contributed by atoms with Crippen LogP contribution in [0.3, 0.4) is 0 Å². The number of hydrogen-bond donors (Lipinski definition) is 0. The summed E-state index contributed by atoms with van der Waals surface area (Å²) in [5.74, 6) is 0.948. The third-order valence-electron chi connectivity index (χ3n) is 4.04. The second kappa shape index (κ2) is 5.49. The van der Waals surface area contributed by atoms with Crippen molar-refractivity contribution in [3.8, 4) is 0 Å². The quantitative estimate of drug-likeness (QED) is 0.570. The van der Waals surface area contributed by atoms with Crippen molar-refractivity contribution in [3.05, 3.63) is 29.8 Å². The number of rotatable bonds is 2. The summed E-state index contributed by atoms with van der Waals surface area (Å²) in [5.41, 5.74) is 1.35. The molecule has 4 heteroatoms. The van der Waals surface area contributed by atoms with E-state index in [2.05, 4.69) is 9.55 Å². The molecule has 0 aliphatic heterocycles. The van der Waals surface area contributed by atoms with Crippen LogP contribution >= 0.6 is 11.6 Å². The maximum absolute atomic E-state index is 14.1. The zero-order valence-electron chi connectivity index (χ0n) is 10.9. The van der Waals surface area contributed by atoms with E-state index in [0.717, 1.165) is 24.2 Å². The van der Waals surface area contributed by atoms with Gasteiger partial charge in [-0.2, -0.15) is 0 Å². The molecule has 0 saturated heterocycles. The van der Waals surface area contributed by atoms with Crippen molar-refractivity contribution < 1.29 is 4.39 Å². The lowest BCUT2D eigenvalue weighted by atomic mass is 10.1. The molecule has 19 heavy (non-hydrogen) atoms. The van der Waals surface area contributed by atoms with Crippen molar-refractivity contribution >= 4 is 22.6 Å². The molecule has 1 aromatic carbocycles. The first-order chi connectivity index (χ1) is 9.31. The van der Waals surface area contributed by atoms with Crippen LogP contribution in [0.15, 0.2) is 18.2 Å². The summed E-state index contributed by atoms with van der Waals surface area (Å²) < 4.78 is 16.2. The van der Waals surface area contributed by atoms with Crippen LogP contribution in [-0.2, 0) is 5.88 Å². The minimum atomic E-state index is -0.189. The molecule has 3 rings (SSSR count). The van der Waals surface area contributed by atoms with Gasteiger partial charge in [0.15, 0.2) is 0 Å². The Hall–Kier alpha value is -1.09. The molecule has 1 aliphatic rings. The molecule has 1 fully saturated rings. The predicted molar refractivity (Wildman–Crippen MR) is 76.0 cm³/mol. The van der Waals surface area contributed by atoms with E-state index >= 15 is 0 Å². The maximum Gasteiger partial charge on any atom is 0.149 e. The summed E-state index contributed by atoms with van der Waals surface area (Å²) in [7, 11) is 0. The number of fused-ring (bicyclic) bond motifs is 1. The number of halogens is 2. The van der Waals surface area contributed by atoms with E-state index < -0.39 is 0 Å². The van der Waals surface area contributed by atoms with Crippen LogP contribution < -0.4 is 0 Å². The van der Waals surface area contributed by atoms with Gasteiger partial charge in [-0.15, -0.1) is 11.6 Å². The van der Waals surface area contributed by atoms with E-state index in [1.807, 2.05) is 6.07 Å². The van der Waals surface area contributed by atoms with E-state index in [4.69, 9.17) is 11.6 Å². The molecule has 0 unspecified atom stereocenters. The number of aromatic nitrogens is 2. The smallest absolute Gasteiger partial charge is 0.149 e. The molecule has 0 bridgehead atoms. The number of alkyl halides is 1. The molecule has 1 aromatic heterocycles. The highest BCUT2D eigenvalue weighted by atomic mass is 35.5. The standard InChI is InChI=1S/C15H18ClFN2/c16-10-14-18-13-9-5-8-12(17)15(13)19(14)11-6-3-1-2-4-7-11/h5,8-9,11H,1-4,6-7,10H2. The van der Waals surface area contributed by atoms with Gasteiger partial charge in [0, 0.05) is 6.04 Å². The summed E-state index contributed by atoms with van der Waals surface area (Å²) >= 11 is 6.01. The molecule has 0 spiro atoms. The lowest BCUT2D eigenvalue weighted by Gasteiger charge is -2.19. The average Bonchev–Trinajstić information content (AvgIpc) is 2.60. The SMILES string of the molecule is Fc1cccc2nc(CCl)n(C3CCCCCC3)c12. The average molecular weight is 281 g/mol. The monoisotopic (exact) mass is 280 g/mol. The first-order valence-corrected chi connectivity index (χ1v) is 7.56. The Balaban J connectivity index is 2.14. The number of nitrogens with zero attached hydrogens (tertiary/aromatic N) is 2. The second-order valence-electron chi connectivity index (χ2n) is 5.28. The fourth-order valence-corrected chi connectivity index (χ4v) is 3.35. The summed E-state index contributed by atoms with van der Waals surface area (Å²) in [4.78, 5) is 4.49. The molecule has 102 valence electrons. The molecule has 1 heterocycles. The Morgan fingerprint density at radius 2 is 1.95 bits per heavy atom. The molecule has 1 aliphatic carbocycles. The largest absolute Gasteiger partial charge is 0.321 e. The Morgan fingerprint density at radius 3 is 2.63 bits per heavy atom. The van der Waals surface area contributed by atoms with E-state index in [1.54, 1.807) is 6.07 Å². The van der Waals surface area contributed by atoms with Gasteiger partial charge >= 0.3 is 0 Å². The Labute approximate surface area is 117 Å². The molecular weight excluding hydrogens is 263 g/mol. The van der Waals surface area contributed by atoms with Crippen LogP contribution in [0.4, 0.5) is 4.39 Å². The minimum absolute atomic E-state index is 0.189. The summed E-state index contributed by atoms with van der Waals surface area (Å²) in [5, 5.41) is 0. The molecule has 2 nitrogen and oxygen atoms in total. The lowest BCUT2D eigenvalue weighted by molar-refractivity contribution is 0.440. The van der Waals surface area contributed by atoms with Gasteiger partial charge in [0.1, 0.15) is 17.2 Å². The summed E-state index contributed by atoms with van der Waals surface area (Å²) in [6, 6.07) is 5.43. The molecule has 0 N–H and O–H groups in total. The van der Waals surface area contributed by atoms with Gasteiger partial charge in [-0.3, -0.25) is 0 Å². The minimum Gasteiger partial charge on any atom is -0.321 e. The molecular formula is C15H18ClFN2. The fraction of sp³-hybridized carbons (Fsp3) is 0.533. The zero-order valence-corrected chi connectivity index (χ0v) is 11.7. The Bertz CT molecular complexity index is 571. The van der Waals surface area contributed by atoms with Crippen LogP contribution in [0.2, 0.25) is 0 Å². The van der Waals surface area contributed by atoms with Gasteiger partial charge in [0.05, 0.1) is 11.4 Å². The number of imidazole rings is 1. The summed E-state index contributed by atoms with van der Waals surface area (Å²) in [6.45, 7) is 0. The van der Waals surface area contributed by atoms with Crippen LogP contribution in [0.25, 0.3) is 11.0 Å². The lowest BCUT2D eigenvalue weighted by Crippen LogP contribution is -2.11. The van der Waals surface area contributed by atoms with E-state index in [0.29, 0.717) is 17.4 Å². The number of para-hydroxylation sites is 1. The normalized spacial score (nSPS) is 17.8. The number of hydrogen-bond acceptors (Lipinski definition) is 1. The highest BCUT2D eigenvalue weighted by Gasteiger charge is 2.21. The predicted octanol–water partition coefficient (Wildman–Crippen LogP) is 4.81. The van der Waals surface area contributed by atoms with Crippen molar-refractivity contribution in [2.75, 3.05) is 0 Å². The highest BCUT2D eigenvalue weighted by molar-refractivity contribution is 6.16. The molecule has 0 amide bonds. The van der Waals surface area contributed by atoms with Gasteiger partial charge in [-0.05, 0) is 25.0 Å². The van der Waals surface area contributed by atoms with E-state index in [1.165, 1.54) is 31.7 Å². The van der Waals surface area contributed by atoms with E-state index in [-0.39, 0.29) is 5.82 Å². The molecule has 0 radical (unpaired) electrons. The number of benzene rings is 1. The molecule has 2 aromatic rings. The van der Waals surface area contributed by atoms with Crippen molar-refractivity contribution in [2.24, 2.45) is 0 Å². The van der Waals surface area contributed by atoms with E-state index in [9.17, 15) is 4.39 Å². The van der Waals surface area contributed by atoms with Crippen molar-refractivity contribution in [1.82, 2.24) is 9.55 Å². The Kier molecular flexibility index (Phi) is 3.74. The Morgan fingerprint density at radius 1 is 1.21 bits per heavy atom. The van der Waals surface area contributed by atoms with Gasteiger partial charge in [0.2, 0.25) is 0 Å². The van der Waals surface area contributed by atoms with Crippen LogP contribution in [0, 0.1) is 5.82 Å². The van der Waals surface area contributed by atoms with Gasteiger partial charge in [-0.1, -0.05) is 31.7 Å². The van der Waals surface area contributed by atoms with Crippen molar-refractivity contribution in [1.29, 1.82) is 0 Å². The van der Waals surface area contributed by atoms with Crippen molar-refractivity contribution in [3.63, 3.8) is 0 Å². The highest BCUT2D eigenvalue weighted by Crippen LogP contribution is 2.33. The van der Waals surface area contributed by atoms with Crippen LogP contribution in [0.5, 0.6) is 0 Å². The van der Waals surface area contributed by atoms with Gasteiger partial charge in [-0.25, -0.2) is 9.37 Å². The van der Waals surface area contributed by atoms with Crippen molar-refractivity contribution in [2.45, 2.75) is 50.4 Å². The third-order valence-corrected chi connectivity index (χ3v) is 4.28. The summed E-state index contributed by atoms with van der Waals surface area (Å²) in [6.07, 6.45) is 7.18. The topological polar surface area (TPSA) is 17.8 Å². The first kappa shape index (κ1) is 12.9. The van der Waals surface area contributed by atoms with Crippen LogP contribution in [0.1, 0.15) is 50.4 Å².